The van der Waals surface area contributed by atoms with E-state index in [9.17, 15) is 0 Å². The van der Waals surface area contributed by atoms with Crippen molar-refractivity contribution < 1.29 is 4.74 Å². The molecular weight excluding hydrogens is 779 g/mol. The smallest absolute Gasteiger partial charge is 0.164 e. The minimum atomic E-state index is -0.501. The standard InChI is InChI=1S/C60H37N3O/c1-2-15-44-37-45(36-31-38(44)13-1)58-61-57(62-59(63-58)48-20-11-16-41-14-3-4-17-46(41)48)43-34-29-40(30-35-43)39-27-32-42(33-28-39)47-19-12-24-53-56(47)49-18-5-6-21-50(49)60(53)51-22-7-9-25-54(51)64-55-26-10-8-23-52(55)60/h1-37H. The van der Waals surface area contributed by atoms with Crippen molar-refractivity contribution in [2.75, 3.05) is 0 Å². The van der Waals surface area contributed by atoms with E-state index in [4.69, 9.17) is 19.7 Å². The predicted octanol–water partition coefficient (Wildman–Crippen LogP) is 15.0. The van der Waals surface area contributed by atoms with Gasteiger partial charge >= 0.3 is 0 Å². The Hall–Kier alpha value is -8.47. The number of benzene rings is 10. The Balaban J connectivity index is 0.882. The number of nitrogens with zero attached hydrogens (tertiary/aromatic N) is 3. The first kappa shape index (κ1) is 36.2. The number of hydrogen-bond acceptors (Lipinski definition) is 4. The molecule has 298 valence electrons. The molecule has 64 heavy (non-hydrogen) atoms. The minimum absolute atomic E-state index is 0.501. The van der Waals surface area contributed by atoms with Crippen molar-refractivity contribution in [2.45, 2.75) is 5.41 Å². The summed E-state index contributed by atoms with van der Waals surface area (Å²) in [5.41, 5.74) is 14.4. The van der Waals surface area contributed by atoms with E-state index in [1.807, 2.05) is 0 Å². The van der Waals surface area contributed by atoms with Gasteiger partial charge in [0.05, 0.1) is 5.41 Å². The lowest BCUT2D eigenvalue weighted by molar-refractivity contribution is 0.436. The lowest BCUT2D eigenvalue weighted by Gasteiger charge is -2.39. The monoisotopic (exact) mass is 815 g/mol. The summed E-state index contributed by atoms with van der Waals surface area (Å²) in [5, 5.41) is 4.57. The fourth-order valence-electron chi connectivity index (χ4n) is 10.3. The van der Waals surface area contributed by atoms with Crippen LogP contribution in [0.2, 0.25) is 0 Å². The molecule has 0 bridgehead atoms. The van der Waals surface area contributed by atoms with Gasteiger partial charge in [-0.25, -0.2) is 15.0 Å². The molecule has 0 saturated heterocycles. The van der Waals surface area contributed by atoms with Crippen molar-refractivity contribution in [3.8, 4) is 79.0 Å². The third-order valence-corrected chi connectivity index (χ3v) is 13.2. The van der Waals surface area contributed by atoms with Gasteiger partial charge in [0.2, 0.25) is 0 Å². The summed E-state index contributed by atoms with van der Waals surface area (Å²) in [6, 6.07) is 79.8. The fourth-order valence-corrected chi connectivity index (χ4v) is 10.3. The zero-order valence-electron chi connectivity index (χ0n) is 34.6. The molecule has 1 aliphatic carbocycles. The Morgan fingerprint density at radius 2 is 0.781 bits per heavy atom. The first-order valence-corrected chi connectivity index (χ1v) is 21.8. The van der Waals surface area contributed by atoms with Crippen molar-refractivity contribution in [1.82, 2.24) is 15.0 Å². The zero-order valence-corrected chi connectivity index (χ0v) is 34.6. The van der Waals surface area contributed by atoms with Crippen molar-refractivity contribution in [3.63, 3.8) is 0 Å². The molecule has 2 heterocycles. The second-order valence-electron chi connectivity index (χ2n) is 16.7. The maximum atomic E-state index is 6.56. The van der Waals surface area contributed by atoms with Gasteiger partial charge in [-0.1, -0.05) is 206 Å². The van der Waals surface area contributed by atoms with E-state index < -0.39 is 5.41 Å². The van der Waals surface area contributed by atoms with Gasteiger partial charge in [-0.3, -0.25) is 0 Å². The second-order valence-corrected chi connectivity index (χ2v) is 16.7. The van der Waals surface area contributed by atoms with Crippen molar-refractivity contribution in [1.29, 1.82) is 0 Å². The molecule has 0 saturated carbocycles. The van der Waals surface area contributed by atoms with E-state index in [-0.39, 0.29) is 0 Å². The van der Waals surface area contributed by atoms with Crippen LogP contribution in [0.25, 0.3) is 89.1 Å². The molecule has 0 fully saturated rings. The van der Waals surface area contributed by atoms with Gasteiger partial charge in [-0.2, -0.15) is 0 Å². The third kappa shape index (κ3) is 5.52. The zero-order chi connectivity index (χ0) is 42.2. The van der Waals surface area contributed by atoms with E-state index in [1.54, 1.807) is 0 Å². The molecule has 0 unspecified atom stereocenters. The molecule has 2 aliphatic rings. The highest BCUT2D eigenvalue weighted by atomic mass is 16.5. The van der Waals surface area contributed by atoms with E-state index in [0.29, 0.717) is 17.5 Å². The SMILES string of the molecule is c1ccc2c(c1)Oc1ccccc1C21c2ccccc2-c2c(-c3ccc(-c4ccc(-c5nc(-c6ccc7ccccc7c6)nc(-c6cccc7ccccc67)n5)cc4)cc3)cccc21. The van der Waals surface area contributed by atoms with Gasteiger partial charge in [0.1, 0.15) is 11.5 Å². The summed E-state index contributed by atoms with van der Waals surface area (Å²) in [7, 11) is 0. The highest BCUT2D eigenvalue weighted by Gasteiger charge is 2.51. The van der Waals surface area contributed by atoms with Gasteiger partial charge in [0, 0.05) is 27.8 Å². The van der Waals surface area contributed by atoms with Crippen LogP contribution in [0.3, 0.4) is 0 Å². The van der Waals surface area contributed by atoms with E-state index in [0.717, 1.165) is 55.5 Å². The molecular formula is C60H37N3O. The molecule has 13 rings (SSSR count). The lowest BCUT2D eigenvalue weighted by Crippen LogP contribution is -2.32. The molecule has 4 heteroatoms. The molecule has 10 aromatic carbocycles. The highest BCUT2D eigenvalue weighted by Crippen LogP contribution is 2.63. The largest absolute Gasteiger partial charge is 0.457 e. The van der Waals surface area contributed by atoms with E-state index in [2.05, 4.69) is 224 Å². The van der Waals surface area contributed by atoms with Crippen LogP contribution >= 0.6 is 0 Å². The Labute approximate surface area is 370 Å². The molecule has 11 aromatic rings. The van der Waals surface area contributed by atoms with Gasteiger partial charge in [-0.15, -0.1) is 0 Å². The molecule has 0 N–H and O–H groups in total. The molecule has 1 spiro atoms. The average Bonchev–Trinajstić information content (AvgIpc) is 3.66. The Bertz CT molecular complexity index is 3600. The van der Waals surface area contributed by atoms with Crippen LogP contribution < -0.4 is 4.74 Å². The van der Waals surface area contributed by atoms with Crippen molar-refractivity contribution >= 4 is 21.5 Å². The van der Waals surface area contributed by atoms with Crippen LogP contribution in [0.4, 0.5) is 0 Å². The van der Waals surface area contributed by atoms with Gasteiger partial charge in [-0.05, 0) is 84.3 Å². The number of ether oxygens (including phenoxy) is 1. The van der Waals surface area contributed by atoms with Crippen molar-refractivity contribution in [3.05, 3.63) is 247 Å². The highest BCUT2D eigenvalue weighted by molar-refractivity contribution is 5.98. The average molecular weight is 816 g/mol. The van der Waals surface area contributed by atoms with Gasteiger partial charge in [0.15, 0.2) is 17.5 Å². The molecule has 1 aromatic heterocycles. The third-order valence-electron chi connectivity index (χ3n) is 13.2. The van der Waals surface area contributed by atoms with Crippen LogP contribution in [0.1, 0.15) is 22.3 Å². The number of para-hydroxylation sites is 2. The number of hydrogen-bond donors (Lipinski definition) is 0. The molecule has 0 amide bonds. The second kappa shape index (κ2) is 14.3. The maximum absolute atomic E-state index is 6.56. The number of fused-ring (bicyclic) bond motifs is 11. The van der Waals surface area contributed by atoms with E-state index in [1.165, 1.54) is 49.9 Å². The topological polar surface area (TPSA) is 47.9 Å². The van der Waals surface area contributed by atoms with Crippen LogP contribution in [0, 0.1) is 0 Å². The summed E-state index contributed by atoms with van der Waals surface area (Å²) in [4.78, 5) is 15.3. The first-order valence-electron chi connectivity index (χ1n) is 21.8. The van der Waals surface area contributed by atoms with Crippen LogP contribution in [-0.2, 0) is 5.41 Å². The van der Waals surface area contributed by atoms with Gasteiger partial charge in [0.25, 0.3) is 0 Å². The quantitative estimate of drug-likeness (QED) is 0.174. The normalized spacial score (nSPS) is 12.9. The van der Waals surface area contributed by atoms with E-state index >= 15 is 0 Å². The summed E-state index contributed by atoms with van der Waals surface area (Å²) in [5.74, 6) is 3.72. The number of aromatic nitrogens is 3. The maximum Gasteiger partial charge on any atom is 0.164 e. The lowest BCUT2D eigenvalue weighted by atomic mass is 9.66. The van der Waals surface area contributed by atoms with Crippen LogP contribution in [0.5, 0.6) is 11.5 Å². The summed E-state index contributed by atoms with van der Waals surface area (Å²) in [6.45, 7) is 0. The van der Waals surface area contributed by atoms with Crippen molar-refractivity contribution in [2.24, 2.45) is 0 Å². The Morgan fingerprint density at radius 1 is 0.297 bits per heavy atom. The molecule has 1 aliphatic heterocycles. The summed E-state index contributed by atoms with van der Waals surface area (Å²) >= 11 is 0. The molecule has 4 nitrogen and oxygen atoms in total. The Morgan fingerprint density at radius 3 is 1.53 bits per heavy atom. The first-order chi connectivity index (χ1) is 31.7. The molecule has 0 atom stereocenters. The summed E-state index contributed by atoms with van der Waals surface area (Å²) < 4.78 is 6.56. The van der Waals surface area contributed by atoms with Crippen LogP contribution in [-0.4, -0.2) is 15.0 Å². The van der Waals surface area contributed by atoms with Gasteiger partial charge < -0.3 is 4.74 Å². The Kier molecular flexibility index (Phi) is 8.09. The molecule has 0 radical (unpaired) electrons. The predicted molar refractivity (Wildman–Crippen MR) is 259 cm³/mol. The number of rotatable bonds is 5. The summed E-state index contributed by atoms with van der Waals surface area (Å²) in [6.07, 6.45) is 0. The minimum Gasteiger partial charge on any atom is -0.457 e. The van der Waals surface area contributed by atoms with Crippen LogP contribution in [0.15, 0.2) is 224 Å². The fraction of sp³-hybridized carbons (Fsp3) is 0.0167.